The molecule has 1 aromatic rings. The summed E-state index contributed by atoms with van der Waals surface area (Å²) in [7, 11) is 0. The molecule has 0 aromatic carbocycles. The zero-order chi connectivity index (χ0) is 14.6. The lowest BCUT2D eigenvalue weighted by molar-refractivity contribution is -0.0135. The van der Waals surface area contributed by atoms with E-state index in [9.17, 15) is 0 Å². The molecule has 2 heterocycles. The molecular formula is C15H26N4O. The van der Waals surface area contributed by atoms with Crippen LogP contribution in [-0.2, 0) is 4.74 Å². The van der Waals surface area contributed by atoms with Crippen LogP contribution in [-0.4, -0.2) is 54.8 Å². The summed E-state index contributed by atoms with van der Waals surface area (Å²) < 4.78 is 5.78. The number of rotatable bonds is 4. The SMILES string of the molecule is CC(C)(C)OCCN1CCN(c2ccc(N)nc2)CC1. The fraction of sp³-hybridized carbons (Fsp3) is 0.667. The van der Waals surface area contributed by atoms with Crippen LogP contribution in [0.1, 0.15) is 20.8 Å². The van der Waals surface area contributed by atoms with Crippen molar-refractivity contribution in [1.29, 1.82) is 0 Å². The molecule has 2 rings (SSSR count). The van der Waals surface area contributed by atoms with Gasteiger partial charge in [-0.1, -0.05) is 0 Å². The second-order valence-electron chi connectivity index (χ2n) is 6.23. The van der Waals surface area contributed by atoms with Crippen molar-refractivity contribution in [2.45, 2.75) is 26.4 Å². The maximum atomic E-state index is 5.78. The molecule has 0 spiro atoms. The molecule has 0 amide bonds. The van der Waals surface area contributed by atoms with Gasteiger partial charge in [-0.25, -0.2) is 4.98 Å². The Kier molecular flexibility index (Phi) is 4.83. The van der Waals surface area contributed by atoms with Crippen molar-refractivity contribution in [3.8, 4) is 0 Å². The first-order valence-electron chi connectivity index (χ1n) is 7.27. The van der Waals surface area contributed by atoms with Crippen LogP contribution in [0.2, 0.25) is 0 Å². The Morgan fingerprint density at radius 3 is 2.45 bits per heavy atom. The third kappa shape index (κ3) is 4.65. The second-order valence-corrected chi connectivity index (χ2v) is 6.23. The van der Waals surface area contributed by atoms with E-state index in [-0.39, 0.29) is 5.60 Å². The van der Waals surface area contributed by atoms with Crippen LogP contribution in [0.5, 0.6) is 0 Å². The number of pyridine rings is 1. The molecule has 5 heteroatoms. The molecule has 0 atom stereocenters. The van der Waals surface area contributed by atoms with Crippen LogP contribution >= 0.6 is 0 Å². The number of nitrogen functional groups attached to an aromatic ring is 1. The smallest absolute Gasteiger partial charge is 0.123 e. The van der Waals surface area contributed by atoms with Gasteiger partial charge < -0.3 is 15.4 Å². The standard InChI is InChI=1S/C15H26N4O/c1-15(2,3)20-11-10-18-6-8-19(9-7-18)13-4-5-14(16)17-12-13/h4-5,12H,6-11H2,1-3H3,(H2,16,17). The minimum atomic E-state index is -0.0442. The summed E-state index contributed by atoms with van der Waals surface area (Å²) in [6.45, 7) is 12.3. The lowest BCUT2D eigenvalue weighted by Crippen LogP contribution is -2.47. The van der Waals surface area contributed by atoms with Gasteiger partial charge in [0.05, 0.1) is 24.1 Å². The second kappa shape index (κ2) is 6.41. The van der Waals surface area contributed by atoms with Crippen molar-refractivity contribution in [2.24, 2.45) is 0 Å². The highest BCUT2D eigenvalue weighted by molar-refractivity contribution is 5.48. The fourth-order valence-electron chi connectivity index (χ4n) is 2.30. The largest absolute Gasteiger partial charge is 0.384 e. The molecule has 0 aliphatic carbocycles. The van der Waals surface area contributed by atoms with E-state index in [1.54, 1.807) is 0 Å². The summed E-state index contributed by atoms with van der Waals surface area (Å²) in [5.74, 6) is 0.576. The van der Waals surface area contributed by atoms with E-state index in [0.717, 1.165) is 45.0 Å². The Balaban J connectivity index is 1.74. The van der Waals surface area contributed by atoms with Gasteiger partial charge >= 0.3 is 0 Å². The summed E-state index contributed by atoms with van der Waals surface area (Å²) in [5, 5.41) is 0. The normalized spacial score (nSPS) is 17.4. The Morgan fingerprint density at radius 1 is 1.20 bits per heavy atom. The van der Waals surface area contributed by atoms with Crippen LogP contribution < -0.4 is 10.6 Å². The number of nitrogens with zero attached hydrogens (tertiary/aromatic N) is 3. The summed E-state index contributed by atoms with van der Waals surface area (Å²) in [4.78, 5) is 8.96. The van der Waals surface area contributed by atoms with Crippen LogP contribution in [0.25, 0.3) is 0 Å². The molecule has 112 valence electrons. The van der Waals surface area contributed by atoms with Crippen LogP contribution in [0.3, 0.4) is 0 Å². The predicted molar refractivity (Wildman–Crippen MR) is 83.0 cm³/mol. The zero-order valence-electron chi connectivity index (χ0n) is 12.8. The molecule has 0 unspecified atom stereocenters. The van der Waals surface area contributed by atoms with Gasteiger partial charge in [0.15, 0.2) is 0 Å². The summed E-state index contributed by atoms with van der Waals surface area (Å²) in [5.41, 5.74) is 6.73. The van der Waals surface area contributed by atoms with Crippen LogP contribution in [0, 0.1) is 0 Å². The van der Waals surface area contributed by atoms with E-state index in [2.05, 4.69) is 35.6 Å². The Morgan fingerprint density at radius 2 is 1.90 bits per heavy atom. The summed E-state index contributed by atoms with van der Waals surface area (Å²) in [6, 6.07) is 3.90. The average Bonchev–Trinajstić information content (AvgIpc) is 2.39. The zero-order valence-corrected chi connectivity index (χ0v) is 12.8. The van der Waals surface area contributed by atoms with E-state index in [1.165, 1.54) is 0 Å². The third-order valence-electron chi connectivity index (χ3n) is 3.45. The highest BCUT2D eigenvalue weighted by Gasteiger charge is 2.18. The average molecular weight is 278 g/mol. The van der Waals surface area contributed by atoms with E-state index in [4.69, 9.17) is 10.5 Å². The van der Waals surface area contributed by atoms with Crippen molar-refractivity contribution in [2.75, 3.05) is 50.0 Å². The Labute approximate surface area is 121 Å². The first-order chi connectivity index (χ1) is 9.44. The van der Waals surface area contributed by atoms with Gasteiger partial charge in [0.25, 0.3) is 0 Å². The van der Waals surface area contributed by atoms with Crippen molar-refractivity contribution in [3.05, 3.63) is 18.3 Å². The number of hydrogen-bond acceptors (Lipinski definition) is 5. The molecule has 1 saturated heterocycles. The summed E-state index contributed by atoms with van der Waals surface area (Å²) >= 11 is 0. The van der Waals surface area contributed by atoms with Gasteiger partial charge in [0.1, 0.15) is 5.82 Å². The van der Waals surface area contributed by atoms with Crippen molar-refractivity contribution in [3.63, 3.8) is 0 Å². The Hall–Kier alpha value is -1.33. The van der Waals surface area contributed by atoms with Crippen molar-refractivity contribution in [1.82, 2.24) is 9.88 Å². The number of piperazine rings is 1. The molecule has 0 radical (unpaired) electrons. The molecule has 20 heavy (non-hydrogen) atoms. The third-order valence-corrected chi connectivity index (χ3v) is 3.45. The highest BCUT2D eigenvalue weighted by atomic mass is 16.5. The first kappa shape index (κ1) is 15.1. The van der Waals surface area contributed by atoms with Crippen LogP contribution in [0.4, 0.5) is 11.5 Å². The number of hydrogen-bond donors (Lipinski definition) is 1. The number of aromatic nitrogens is 1. The molecule has 1 aliphatic rings. The van der Waals surface area contributed by atoms with Crippen molar-refractivity contribution < 1.29 is 4.74 Å². The first-order valence-corrected chi connectivity index (χ1v) is 7.27. The number of anilines is 2. The predicted octanol–water partition coefficient (Wildman–Crippen LogP) is 1.60. The molecule has 1 aromatic heterocycles. The van der Waals surface area contributed by atoms with Gasteiger partial charge in [-0.05, 0) is 32.9 Å². The number of nitrogens with two attached hydrogens (primary N) is 1. The molecule has 0 saturated carbocycles. The molecule has 5 nitrogen and oxygen atoms in total. The molecule has 0 bridgehead atoms. The highest BCUT2D eigenvalue weighted by Crippen LogP contribution is 2.16. The molecule has 2 N–H and O–H groups in total. The number of ether oxygens (including phenoxy) is 1. The van der Waals surface area contributed by atoms with Gasteiger partial charge in [0, 0.05) is 32.7 Å². The van der Waals surface area contributed by atoms with E-state index in [1.807, 2.05) is 18.3 Å². The maximum absolute atomic E-state index is 5.78. The van der Waals surface area contributed by atoms with Gasteiger partial charge in [-0.15, -0.1) is 0 Å². The lowest BCUT2D eigenvalue weighted by Gasteiger charge is -2.36. The van der Waals surface area contributed by atoms with E-state index >= 15 is 0 Å². The molecule has 1 fully saturated rings. The minimum Gasteiger partial charge on any atom is -0.384 e. The van der Waals surface area contributed by atoms with Gasteiger partial charge in [-0.3, -0.25) is 4.90 Å². The molecular weight excluding hydrogens is 252 g/mol. The monoisotopic (exact) mass is 278 g/mol. The van der Waals surface area contributed by atoms with Gasteiger partial charge in [-0.2, -0.15) is 0 Å². The van der Waals surface area contributed by atoms with Crippen molar-refractivity contribution >= 4 is 11.5 Å². The maximum Gasteiger partial charge on any atom is 0.123 e. The quantitative estimate of drug-likeness (QED) is 0.906. The Bertz CT molecular complexity index is 405. The van der Waals surface area contributed by atoms with Gasteiger partial charge in [0.2, 0.25) is 0 Å². The summed E-state index contributed by atoms with van der Waals surface area (Å²) in [6.07, 6.45) is 1.85. The van der Waals surface area contributed by atoms with Crippen LogP contribution in [0.15, 0.2) is 18.3 Å². The molecule has 1 aliphatic heterocycles. The van der Waals surface area contributed by atoms with E-state index in [0.29, 0.717) is 5.82 Å². The topological polar surface area (TPSA) is 54.6 Å². The minimum absolute atomic E-state index is 0.0442. The lowest BCUT2D eigenvalue weighted by atomic mass is 10.2. The fourth-order valence-corrected chi connectivity index (χ4v) is 2.30. The van der Waals surface area contributed by atoms with E-state index < -0.39 is 0 Å².